The molecular weight excluding hydrogens is 312 g/mol. The monoisotopic (exact) mass is 340 g/mol. The van der Waals surface area contributed by atoms with E-state index in [1.807, 2.05) is 17.9 Å². The van der Waals surface area contributed by atoms with Gasteiger partial charge in [0.05, 0.1) is 12.1 Å². The van der Waals surface area contributed by atoms with E-state index >= 15 is 0 Å². The Labute approximate surface area is 150 Å². The van der Waals surface area contributed by atoms with Crippen molar-refractivity contribution in [2.45, 2.75) is 45.7 Å². The number of aromatic nitrogens is 2. The number of nitrogens with one attached hydrogen (secondary N) is 1. The van der Waals surface area contributed by atoms with Gasteiger partial charge in [0, 0.05) is 37.4 Å². The lowest BCUT2D eigenvalue weighted by molar-refractivity contribution is -0.132. The van der Waals surface area contributed by atoms with E-state index in [0.29, 0.717) is 18.5 Å². The first kappa shape index (κ1) is 17.7. The topological polar surface area (TPSA) is 52.2 Å². The highest BCUT2D eigenvalue weighted by Gasteiger charge is 2.32. The number of hydrogen-bond acceptors (Lipinski definition) is 3. The summed E-state index contributed by atoms with van der Waals surface area (Å²) in [7, 11) is 0. The molecule has 0 aliphatic carbocycles. The fourth-order valence-corrected chi connectivity index (χ4v) is 3.78. The van der Waals surface area contributed by atoms with Gasteiger partial charge in [-0.1, -0.05) is 30.3 Å². The minimum Gasteiger partial charge on any atom is -0.338 e. The molecule has 1 aromatic heterocycles. The second-order valence-corrected chi connectivity index (χ2v) is 6.92. The largest absolute Gasteiger partial charge is 0.338 e. The molecule has 0 unspecified atom stereocenters. The van der Waals surface area contributed by atoms with E-state index in [4.69, 9.17) is 0 Å². The second kappa shape index (κ2) is 7.83. The molecule has 1 aromatic carbocycles. The molecule has 0 radical (unpaired) electrons. The fourth-order valence-electron chi connectivity index (χ4n) is 3.78. The standard InChI is InChI=1S/C20H28N4O/c1-4-24(20(25)13-18-12-15(2)21-22-18)19-10-11-23(14-19)16(3)17-8-6-5-7-9-17/h5-9,12,16,19H,4,10-11,13-14H2,1-3H3,(H,21,22)/t16-,19+/m1/s1. The van der Waals surface area contributed by atoms with Crippen molar-refractivity contribution in [2.75, 3.05) is 19.6 Å². The number of rotatable bonds is 6. The van der Waals surface area contributed by atoms with Gasteiger partial charge in [0.25, 0.3) is 0 Å². The van der Waals surface area contributed by atoms with Crippen molar-refractivity contribution in [3.05, 3.63) is 53.3 Å². The molecule has 0 spiro atoms. The predicted molar refractivity (Wildman–Crippen MR) is 99.3 cm³/mol. The number of likely N-dealkylation sites (tertiary alicyclic amines) is 1. The van der Waals surface area contributed by atoms with E-state index in [2.05, 4.69) is 59.3 Å². The average Bonchev–Trinajstić information content (AvgIpc) is 3.25. The molecule has 0 saturated carbocycles. The molecule has 2 heterocycles. The van der Waals surface area contributed by atoms with Gasteiger partial charge in [-0.05, 0) is 38.8 Å². The number of benzene rings is 1. The number of nitrogens with zero attached hydrogens (tertiary/aromatic N) is 3. The van der Waals surface area contributed by atoms with Gasteiger partial charge in [-0.15, -0.1) is 0 Å². The first-order valence-corrected chi connectivity index (χ1v) is 9.17. The summed E-state index contributed by atoms with van der Waals surface area (Å²) < 4.78 is 0. The molecule has 2 aromatic rings. The molecule has 1 aliphatic rings. The highest BCUT2D eigenvalue weighted by atomic mass is 16.2. The van der Waals surface area contributed by atoms with Crippen LogP contribution in [0.1, 0.15) is 43.3 Å². The number of carbonyl (C=O) groups is 1. The molecule has 3 rings (SSSR count). The Morgan fingerprint density at radius 3 is 2.80 bits per heavy atom. The normalized spacial score (nSPS) is 19.1. The molecule has 2 atom stereocenters. The lowest BCUT2D eigenvalue weighted by Gasteiger charge is -2.29. The third-order valence-electron chi connectivity index (χ3n) is 5.22. The van der Waals surface area contributed by atoms with Crippen molar-refractivity contribution in [3.63, 3.8) is 0 Å². The minimum atomic E-state index is 0.174. The molecule has 1 saturated heterocycles. The minimum absolute atomic E-state index is 0.174. The summed E-state index contributed by atoms with van der Waals surface area (Å²) in [5, 5.41) is 7.11. The zero-order chi connectivity index (χ0) is 17.8. The zero-order valence-electron chi connectivity index (χ0n) is 15.4. The Morgan fingerprint density at radius 1 is 1.40 bits per heavy atom. The van der Waals surface area contributed by atoms with Crippen molar-refractivity contribution in [1.82, 2.24) is 20.0 Å². The molecule has 1 aliphatic heterocycles. The van der Waals surface area contributed by atoms with Crippen LogP contribution in [-0.4, -0.2) is 51.6 Å². The molecule has 134 valence electrons. The fraction of sp³-hybridized carbons (Fsp3) is 0.500. The third-order valence-corrected chi connectivity index (χ3v) is 5.22. The van der Waals surface area contributed by atoms with Gasteiger partial charge in [-0.2, -0.15) is 5.10 Å². The molecular formula is C20H28N4O. The van der Waals surface area contributed by atoms with Crippen LogP contribution in [0.3, 0.4) is 0 Å². The lowest BCUT2D eigenvalue weighted by Crippen LogP contribution is -2.42. The van der Waals surface area contributed by atoms with Crippen LogP contribution in [0.4, 0.5) is 0 Å². The molecule has 0 bridgehead atoms. The van der Waals surface area contributed by atoms with E-state index in [1.165, 1.54) is 5.56 Å². The van der Waals surface area contributed by atoms with Gasteiger partial charge in [0.2, 0.25) is 5.91 Å². The van der Waals surface area contributed by atoms with Crippen LogP contribution in [0.5, 0.6) is 0 Å². The molecule has 1 N–H and O–H groups in total. The summed E-state index contributed by atoms with van der Waals surface area (Å²) in [6, 6.07) is 13.2. The number of aryl methyl sites for hydroxylation is 1. The first-order chi connectivity index (χ1) is 12.1. The van der Waals surface area contributed by atoms with E-state index in [-0.39, 0.29) is 5.91 Å². The van der Waals surface area contributed by atoms with Crippen molar-refractivity contribution < 1.29 is 4.79 Å². The summed E-state index contributed by atoms with van der Waals surface area (Å²) in [4.78, 5) is 17.3. The van der Waals surface area contributed by atoms with Crippen LogP contribution in [0.2, 0.25) is 0 Å². The van der Waals surface area contributed by atoms with E-state index in [0.717, 1.165) is 37.4 Å². The van der Waals surface area contributed by atoms with Gasteiger partial charge in [0.15, 0.2) is 0 Å². The molecule has 1 fully saturated rings. The summed E-state index contributed by atoms with van der Waals surface area (Å²) >= 11 is 0. The van der Waals surface area contributed by atoms with Crippen molar-refractivity contribution in [3.8, 4) is 0 Å². The molecule has 5 heteroatoms. The maximum absolute atomic E-state index is 12.7. The van der Waals surface area contributed by atoms with E-state index in [1.54, 1.807) is 0 Å². The van der Waals surface area contributed by atoms with E-state index < -0.39 is 0 Å². The Hall–Kier alpha value is -2.14. The number of carbonyl (C=O) groups excluding carboxylic acids is 1. The van der Waals surface area contributed by atoms with Crippen molar-refractivity contribution in [1.29, 1.82) is 0 Å². The smallest absolute Gasteiger partial charge is 0.228 e. The second-order valence-electron chi connectivity index (χ2n) is 6.92. The summed E-state index contributed by atoms with van der Waals surface area (Å²) in [5.74, 6) is 0.174. The van der Waals surface area contributed by atoms with Gasteiger partial charge in [0.1, 0.15) is 0 Å². The first-order valence-electron chi connectivity index (χ1n) is 9.17. The molecule has 1 amide bonds. The highest BCUT2D eigenvalue weighted by molar-refractivity contribution is 5.78. The Kier molecular flexibility index (Phi) is 5.53. The summed E-state index contributed by atoms with van der Waals surface area (Å²) in [6.07, 6.45) is 1.42. The van der Waals surface area contributed by atoms with Crippen LogP contribution in [0, 0.1) is 6.92 Å². The van der Waals surface area contributed by atoms with E-state index in [9.17, 15) is 4.79 Å². The lowest BCUT2D eigenvalue weighted by atomic mass is 10.1. The van der Waals surface area contributed by atoms with Crippen LogP contribution in [0.25, 0.3) is 0 Å². The summed E-state index contributed by atoms with van der Waals surface area (Å²) in [6.45, 7) is 9.00. The van der Waals surface area contributed by atoms with Crippen molar-refractivity contribution >= 4 is 5.91 Å². The van der Waals surface area contributed by atoms with Gasteiger partial charge in [-0.25, -0.2) is 0 Å². The predicted octanol–water partition coefficient (Wildman–Crippen LogP) is 2.94. The highest BCUT2D eigenvalue weighted by Crippen LogP contribution is 2.26. The quantitative estimate of drug-likeness (QED) is 0.880. The van der Waals surface area contributed by atoms with Crippen LogP contribution < -0.4 is 0 Å². The Balaban J connectivity index is 1.61. The number of amides is 1. The number of H-pyrrole nitrogens is 1. The van der Waals surface area contributed by atoms with Crippen molar-refractivity contribution in [2.24, 2.45) is 0 Å². The SMILES string of the molecule is CCN(C(=O)Cc1cc(C)[nH]n1)[C@H]1CCN([C@H](C)c2ccccc2)C1. The molecule has 5 nitrogen and oxygen atoms in total. The third kappa shape index (κ3) is 4.10. The van der Waals surface area contributed by atoms with Crippen LogP contribution in [-0.2, 0) is 11.2 Å². The Bertz CT molecular complexity index is 697. The Morgan fingerprint density at radius 2 is 2.16 bits per heavy atom. The van der Waals surface area contributed by atoms with Gasteiger partial charge >= 0.3 is 0 Å². The number of hydrogen-bond donors (Lipinski definition) is 1. The maximum Gasteiger partial charge on any atom is 0.228 e. The van der Waals surface area contributed by atoms with Gasteiger partial charge < -0.3 is 4.90 Å². The van der Waals surface area contributed by atoms with Crippen LogP contribution in [0.15, 0.2) is 36.4 Å². The number of aromatic amines is 1. The van der Waals surface area contributed by atoms with Crippen LogP contribution >= 0.6 is 0 Å². The summed E-state index contributed by atoms with van der Waals surface area (Å²) in [5.41, 5.74) is 3.16. The maximum atomic E-state index is 12.7. The zero-order valence-corrected chi connectivity index (χ0v) is 15.4. The average molecular weight is 340 g/mol. The molecule has 25 heavy (non-hydrogen) atoms. The van der Waals surface area contributed by atoms with Gasteiger partial charge in [-0.3, -0.25) is 14.8 Å². The number of likely N-dealkylation sites (N-methyl/N-ethyl adjacent to an activating group) is 1.